The maximum atomic E-state index is 12.3. The third-order valence-electron chi connectivity index (χ3n) is 3.35. The van der Waals surface area contributed by atoms with Crippen LogP contribution in [0.4, 0.5) is 11.4 Å². The van der Waals surface area contributed by atoms with Crippen molar-refractivity contribution in [2.45, 2.75) is 40.2 Å². The van der Waals surface area contributed by atoms with Gasteiger partial charge in [0.25, 0.3) is 0 Å². The Morgan fingerprint density at radius 3 is 2.57 bits per heavy atom. The lowest BCUT2D eigenvalue weighted by molar-refractivity contribution is -0.131. The van der Waals surface area contributed by atoms with Crippen molar-refractivity contribution < 1.29 is 9.53 Å². The molecular formula is C16H27N3O2. The van der Waals surface area contributed by atoms with Crippen molar-refractivity contribution in [3.05, 3.63) is 18.2 Å². The van der Waals surface area contributed by atoms with E-state index in [0.717, 1.165) is 12.1 Å². The standard InChI is InChI=1S/C16H27N3O2/c1-5-11-21-14-10-8-9-13(15(14)17)18-12(4)16(20)19(6-2)7-3/h8-10,12,18H,5-7,11,17H2,1-4H3. The Morgan fingerprint density at radius 2 is 2.00 bits per heavy atom. The van der Waals surface area contributed by atoms with E-state index in [1.54, 1.807) is 4.90 Å². The first-order valence-corrected chi connectivity index (χ1v) is 7.61. The molecule has 0 spiro atoms. The third kappa shape index (κ3) is 4.55. The molecule has 0 fully saturated rings. The van der Waals surface area contributed by atoms with Crippen molar-refractivity contribution in [1.82, 2.24) is 4.90 Å². The van der Waals surface area contributed by atoms with Crippen molar-refractivity contribution in [2.24, 2.45) is 0 Å². The van der Waals surface area contributed by atoms with Crippen LogP contribution in [-0.4, -0.2) is 36.5 Å². The van der Waals surface area contributed by atoms with Gasteiger partial charge in [-0.15, -0.1) is 0 Å². The smallest absolute Gasteiger partial charge is 0.244 e. The van der Waals surface area contributed by atoms with E-state index in [1.807, 2.05) is 45.9 Å². The molecular weight excluding hydrogens is 266 g/mol. The summed E-state index contributed by atoms with van der Waals surface area (Å²) in [5.74, 6) is 0.726. The molecule has 3 N–H and O–H groups in total. The average Bonchev–Trinajstić information content (AvgIpc) is 2.49. The van der Waals surface area contributed by atoms with E-state index in [2.05, 4.69) is 5.32 Å². The van der Waals surface area contributed by atoms with Gasteiger partial charge in [-0.3, -0.25) is 4.79 Å². The van der Waals surface area contributed by atoms with Gasteiger partial charge in [-0.25, -0.2) is 0 Å². The number of hydrogen-bond donors (Lipinski definition) is 2. The van der Waals surface area contributed by atoms with Gasteiger partial charge in [-0.05, 0) is 39.3 Å². The molecule has 1 aromatic carbocycles. The van der Waals surface area contributed by atoms with E-state index in [1.165, 1.54) is 0 Å². The second-order valence-electron chi connectivity index (χ2n) is 4.94. The van der Waals surface area contributed by atoms with Gasteiger partial charge in [0, 0.05) is 13.1 Å². The summed E-state index contributed by atoms with van der Waals surface area (Å²) in [4.78, 5) is 14.1. The van der Waals surface area contributed by atoms with Gasteiger partial charge in [0.05, 0.1) is 18.0 Å². The van der Waals surface area contributed by atoms with Crippen LogP contribution in [0, 0.1) is 0 Å². The lowest BCUT2D eigenvalue weighted by atomic mass is 10.2. The molecule has 0 aliphatic carbocycles. The van der Waals surface area contributed by atoms with E-state index in [-0.39, 0.29) is 11.9 Å². The van der Waals surface area contributed by atoms with E-state index in [4.69, 9.17) is 10.5 Å². The Kier molecular flexibility index (Phi) is 6.85. The molecule has 0 saturated carbocycles. The lowest BCUT2D eigenvalue weighted by Crippen LogP contribution is -2.41. The van der Waals surface area contributed by atoms with Crippen molar-refractivity contribution in [1.29, 1.82) is 0 Å². The van der Waals surface area contributed by atoms with Gasteiger partial charge in [0.1, 0.15) is 11.8 Å². The highest BCUT2D eigenvalue weighted by molar-refractivity contribution is 5.86. The number of benzene rings is 1. The highest BCUT2D eigenvalue weighted by atomic mass is 16.5. The zero-order valence-electron chi connectivity index (χ0n) is 13.5. The zero-order valence-corrected chi connectivity index (χ0v) is 13.5. The van der Waals surface area contributed by atoms with Crippen LogP contribution in [0.25, 0.3) is 0 Å². The van der Waals surface area contributed by atoms with Crippen molar-refractivity contribution in [3.63, 3.8) is 0 Å². The molecule has 0 bridgehead atoms. The summed E-state index contributed by atoms with van der Waals surface area (Å²) in [6.45, 7) is 9.88. The van der Waals surface area contributed by atoms with Crippen molar-refractivity contribution in [2.75, 3.05) is 30.7 Å². The highest BCUT2D eigenvalue weighted by Gasteiger charge is 2.19. The number of anilines is 2. The minimum atomic E-state index is -0.325. The van der Waals surface area contributed by atoms with Gasteiger partial charge < -0.3 is 20.7 Å². The molecule has 0 aromatic heterocycles. The van der Waals surface area contributed by atoms with Crippen LogP contribution in [-0.2, 0) is 4.79 Å². The molecule has 1 atom stereocenters. The number of nitrogens with two attached hydrogens (primary N) is 1. The molecule has 1 aromatic rings. The number of amides is 1. The number of likely N-dealkylation sites (N-methyl/N-ethyl adjacent to an activating group) is 1. The number of nitrogen functional groups attached to an aromatic ring is 1. The van der Waals surface area contributed by atoms with Crippen molar-refractivity contribution >= 4 is 17.3 Å². The zero-order chi connectivity index (χ0) is 15.8. The number of para-hydroxylation sites is 1. The maximum absolute atomic E-state index is 12.3. The molecule has 5 heteroatoms. The summed E-state index contributed by atoms with van der Waals surface area (Å²) in [5.41, 5.74) is 7.38. The molecule has 0 aliphatic rings. The molecule has 1 unspecified atom stereocenters. The van der Waals surface area contributed by atoms with Gasteiger partial charge in [-0.2, -0.15) is 0 Å². The van der Waals surface area contributed by atoms with Gasteiger partial charge in [0.2, 0.25) is 5.91 Å². The minimum Gasteiger partial charge on any atom is -0.491 e. The van der Waals surface area contributed by atoms with E-state index in [9.17, 15) is 4.79 Å². The normalized spacial score (nSPS) is 11.8. The summed E-state index contributed by atoms with van der Waals surface area (Å²) in [6.07, 6.45) is 0.925. The summed E-state index contributed by atoms with van der Waals surface area (Å²) in [5, 5.41) is 3.18. The third-order valence-corrected chi connectivity index (χ3v) is 3.35. The van der Waals surface area contributed by atoms with Crippen LogP contribution in [0.15, 0.2) is 18.2 Å². The first-order chi connectivity index (χ1) is 10.0. The summed E-state index contributed by atoms with van der Waals surface area (Å²) in [6, 6.07) is 5.25. The first kappa shape index (κ1) is 17.1. The summed E-state index contributed by atoms with van der Waals surface area (Å²) >= 11 is 0. The van der Waals surface area contributed by atoms with E-state index in [0.29, 0.717) is 31.1 Å². The van der Waals surface area contributed by atoms with Gasteiger partial charge in [0.15, 0.2) is 0 Å². The number of carbonyl (C=O) groups is 1. The number of nitrogens with zero attached hydrogens (tertiary/aromatic N) is 1. The molecule has 118 valence electrons. The highest BCUT2D eigenvalue weighted by Crippen LogP contribution is 2.30. The first-order valence-electron chi connectivity index (χ1n) is 7.61. The molecule has 5 nitrogen and oxygen atoms in total. The Bertz CT molecular complexity index is 459. The largest absolute Gasteiger partial charge is 0.491 e. The quantitative estimate of drug-likeness (QED) is 0.723. The lowest BCUT2D eigenvalue weighted by Gasteiger charge is -2.24. The predicted octanol–water partition coefficient (Wildman–Crippen LogP) is 2.73. The predicted molar refractivity (Wildman–Crippen MR) is 87.7 cm³/mol. The number of carbonyl (C=O) groups excluding carboxylic acids is 1. The number of rotatable bonds is 8. The van der Waals surface area contributed by atoms with Gasteiger partial charge in [-0.1, -0.05) is 13.0 Å². The summed E-state index contributed by atoms with van der Waals surface area (Å²) < 4.78 is 5.60. The van der Waals surface area contributed by atoms with Crippen LogP contribution in [0.3, 0.4) is 0 Å². The average molecular weight is 293 g/mol. The molecule has 1 amide bonds. The van der Waals surface area contributed by atoms with Crippen LogP contribution in [0.1, 0.15) is 34.1 Å². The fourth-order valence-electron chi connectivity index (χ4n) is 2.11. The second-order valence-corrected chi connectivity index (χ2v) is 4.94. The molecule has 0 heterocycles. The molecule has 0 aliphatic heterocycles. The molecule has 0 saturated heterocycles. The summed E-state index contributed by atoms with van der Waals surface area (Å²) in [7, 11) is 0. The second kappa shape index (κ2) is 8.39. The SMILES string of the molecule is CCCOc1cccc(NC(C)C(=O)N(CC)CC)c1N. The monoisotopic (exact) mass is 293 g/mol. The molecule has 0 radical (unpaired) electrons. The van der Waals surface area contributed by atoms with Gasteiger partial charge >= 0.3 is 0 Å². The van der Waals surface area contributed by atoms with Crippen LogP contribution in [0.2, 0.25) is 0 Å². The number of hydrogen-bond acceptors (Lipinski definition) is 4. The Balaban J connectivity index is 2.80. The van der Waals surface area contributed by atoms with Crippen molar-refractivity contribution in [3.8, 4) is 5.75 Å². The van der Waals surface area contributed by atoms with Crippen LogP contribution < -0.4 is 15.8 Å². The topological polar surface area (TPSA) is 67.6 Å². The van der Waals surface area contributed by atoms with E-state index < -0.39 is 0 Å². The number of nitrogens with one attached hydrogen (secondary N) is 1. The van der Waals surface area contributed by atoms with E-state index >= 15 is 0 Å². The maximum Gasteiger partial charge on any atom is 0.244 e. The number of ether oxygens (including phenoxy) is 1. The van der Waals surface area contributed by atoms with Crippen LogP contribution in [0.5, 0.6) is 5.75 Å². The Morgan fingerprint density at radius 1 is 1.33 bits per heavy atom. The fraction of sp³-hybridized carbons (Fsp3) is 0.562. The van der Waals surface area contributed by atoms with Crippen LogP contribution >= 0.6 is 0 Å². The molecule has 1 rings (SSSR count). The fourth-order valence-corrected chi connectivity index (χ4v) is 2.11. The Labute approximate surface area is 127 Å². The molecule has 21 heavy (non-hydrogen) atoms. The Hall–Kier alpha value is -1.91. The minimum absolute atomic E-state index is 0.0688.